The van der Waals surface area contributed by atoms with Gasteiger partial charge in [-0.05, 0) is 53.3 Å². The zero-order chi connectivity index (χ0) is 21.6. The van der Waals surface area contributed by atoms with E-state index in [4.69, 9.17) is 0 Å². The Morgan fingerprint density at radius 3 is 2.21 bits per heavy atom. The molecule has 9 nitrogen and oxygen atoms in total. The molecule has 0 unspecified atom stereocenters. The number of hydrogen-bond acceptors (Lipinski definition) is 6. The van der Waals surface area contributed by atoms with Crippen LogP contribution in [0.25, 0.3) is 0 Å². The predicted octanol–water partition coefficient (Wildman–Crippen LogP) is 1.76. The molecule has 1 saturated heterocycles. The second-order valence-corrected chi connectivity index (χ2v) is 8.51. The second-order valence-electron chi connectivity index (χ2n) is 8.51. The van der Waals surface area contributed by atoms with E-state index in [0.717, 1.165) is 19.5 Å². The summed E-state index contributed by atoms with van der Waals surface area (Å²) >= 11 is 0. The summed E-state index contributed by atoms with van der Waals surface area (Å²) in [6, 6.07) is 4.67. The average molecular weight is 405 g/mol. The van der Waals surface area contributed by atoms with Crippen molar-refractivity contribution in [1.82, 2.24) is 15.1 Å². The van der Waals surface area contributed by atoms with E-state index >= 15 is 0 Å². The molecule has 1 aromatic carbocycles. The van der Waals surface area contributed by atoms with E-state index in [1.165, 1.54) is 6.07 Å². The van der Waals surface area contributed by atoms with Gasteiger partial charge in [-0.1, -0.05) is 6.07 Å². The van der Waals surface area contributed by atoms with Crippen LogP contribution in [0.4, 0.5) is 11.4 Å². The lowest BCUT2D eigenvalue weighted by Gasteiger charge is -2.25. The van der Waals surface area contributed by atoms with Gasteiger partial charge in [-0.15, -0.1) is 0 Å². The Bertz CT molecular complexity index is 760. The number of amides is 2. The van der Waals surface area contributed by atoms with Crippen LogP contribution < -0.4 is 10.6 Å². The number of nitrogens with one attached hydrogen (secondary N) is 2. The number of aryl methyl sites for hydroxylation is 1. The summed E-state index contributed by atoms with van der Waals surface area (Å²) in [6.45, 7) is 11.1. The molecular weight excluding hydrogens is 374 g/mol. The number of carbonyl (C=O) groups excluding carboxylic acids is 2. The van der Waals surface area contributed by atoms with Crippen molar-refractivity contribution in [2.24, 2.45) is 0 Å². The van der Waals surface area contributed by atoms with Crippen LogP contribution in [0.1, 0.15) is 32.8 Å². The smallest absolute Gasteiger partial charge is 0.274 e. The largest absolute Gasteiger partial charge is 0.350 e. The van der Waals surface area contributed by atoms with Crippen molar-refractivity contribution in [2.45, 2.75) is 39.7 Å². The van der Waals surface area contributed by atoms with Crippen LogP contribution in [0.3, 0.4) is 0 Å². The normalized spacial score (nSPS) is 16.1. The van der Waals surface area contributed by atoms with Crippen molar-refractivity contribution in [3.05, 3.63) is 33.9 Å². The highest BCUT2D eigenvalue weighted by molar-refractivity contribution is 5.92. The van der Waals surface area contributed by atoms with Crippen molar-refractivity contribution in [3.63, 3.8) is 0 Å². The number of nitro groups is 1. The molecule has 1 aliphatic rings. The third kappa shape index (κ3) is 7.78. The molecule has 0 spiro atoms. The molecule has 2 rings (SSSR count). The van der Waals surface area contributed by atoms with Crippen LogP contribution in [0.15, 0.2) is 18.2 Å². The Kier molecular flexibility index (Phi) is 7.69. The van der Waals surface area contributed by atoms with E-state index in [1.54, 1.807) is 19.1 Å². The first-order valence-electron chi connectivity index (χ1n) is 9.84. The highest BCUT2D eigenvalue weighted by atomic mass is 16.6. The van der Waals surface area contributed by atoms with Crippen molar-refractivity contribution in [3.8, 4) is 0 Å². The van der Waals surface area contributed by atoms with Crippen molar-refractivity contribution in [2.75, 3.05) is 44.6 Å². The van der Waals surface area contributed by atoms with Gasteiger partial charge in [-0.25, -0.2) is 0 Å². The number of nitrogens with zero attached hydrogens (tertiary/aromatic N) is 3. The molecule has 9 heteroatoms. The number of rotatable bonds is 6. The van der Waals surface area contributed by atoms with Crippen LogP contribution in [0.5, 0.6) is 0 Å². The van der Waals surface area contributed by atoms with Crippen LogP contribution in [-0.2, 0) is 9.59 Å². The minimum absolute atomic E-state index is 0.00431. The quantitative estimate of drug-likeness (QED) is 0.552. The zero-order valence-electron chi connectivity index (χ0n) is 17.7. The third-order valence-electron chi connectivity index (χ3n) is 4.62. The molecule has 1 heterocycles. The molecule has 2 N–H and O–H groups in total. The van der Waals surface area contributed by atoms with Crippen LogP contribution in [0, 0.1) is 17.0 Å². The second kappa shape index (κ2) is 9.80. The lowest BCUT2D eigenvalue weighted by Crippen LogP contribution is -2.46. The summed E-state index contributed by atoms with van der Waals surface area (Å²) < 4.78 is 0. The molecular formula is C20H31N5O4. The van der Waals surface area contributed by atoms with E-state index in [9.17, 15) is 19.7 Å². The van der Waals surface area contributed by atoms with Gasteiger partial charge in [0.1, 0.15) is 0 Å². The van der Waals surface area contributed by atoms with E-state index in [1.807, 2.05) is 25.7 Å². The summed E-state index contributed by atoms with van der Waals surface area (Å²) in [5.74, 6) is -0.202. The van der Waals surface area contributed by atoms with Crippen LogP contribution in [-0.4, -0.2) is 71.3 Å². The van der Waals surface area contributed by atoms with Gasteiger partial charge in [0.05, 0.1) is 18.0 Å². The SMILES string of the molecule is Cc1ccc(NC(=O)CN2CCCN(CC(=O)NC(C)(C)C)CC2)cc1[N+](=O)[O-]. The maximum atomic E-state index is 12.4. The van der Waals surface area contributed by atoms with Crippen molar-refractivity contribution >= 4 is 23.2 Å². The summed E-state index contributed by atoms with van der Waals surface area (Å²) in [5.41, 5.74) is 0.707. The van der Waals surface area contributed by atoms with E-state index in [0.29, 0.717) is 30.9 Å². The molecule has 0 atom stereocenters. The third-order valence-corrected chi connectivity index (χ3v) is 4.62. The number of carbonyl (C=O) groups is 2. The van der Waals surface area contributed by atoms with E-state index in [-0.39, 0.29) is 29.6 Å². The fraction of sp³-hybridized carbons (Fsp3) is 0.600. The predicted molar refractivity (Wildman–Crippen MR) is 112 cm³/mol. The zero-order valence-corrected chi connectivity index (χ0v) is 17.7. The Morgan fingerprint density at radius 2 is 1.66 bits per heavy atom. The first-order chi connectivity index (χ1) is 13.5. The molecule has 2 amide bonds. The maximum absolute atomic E-state index is 12.4. The number of nitro benzene ring substituents is 1. The van der Waals surface area contributed by atoms with Gasteiger partial charge >= 0.3 is 0 Å². The molecule has 29 heavy (non-hydrogen) atoms. The summed E-state index contributed by atoms with van der Waals surface area (Å²) in [7, 11) is 0. The lowest BCUT2D eigenvalue weighted by atomic mass is 10.1. The highest BCUT2D eigenvalue weighted by Crippen LogP contribution is 2.22. The Balaban J connectivity index is 1.84. The first-order valence-corrected chi connectivity index (χ1v) is 9.84. The van der Waals surface area contributed by atoms with E-state index in [2.05, 4.69) is 15.5 Å². The molecule has 1 aromatic rings. The van der Waals surface area contributed by atoms with Gasteiger partial charge in [0.15, 0.2) is 0 Å². The Labute approximate surface area is 171 Å². The number of benzene rings is 1. The van der Waals surface area contributed by atoms with Gasteiger partial charge < -0.3 is 10.6 Å². The lowest BCUT2D eigenvalue weighted by molar-refractivity contribution is -0.385. The minimum atomic E-state index is -0.454. The molecule has 160 valence electrons. The Hall–Kier alpha value is -2.52. The molecule has 1 aliphatic heterocycles. The monoisotopic (exact) mass is 405 g/mol. The maximum Gasteiger partial charge on any atom is 0.274 e. The van der Waals surface area contributed by atoms with E-state index < -0.39 is 4.92 Å². The molecule has 1 fully saturated rings. The van der Waals surface area contributed by atoms with Gasteiger partial charge in [0.25, 0.3) is 5.69 Å². The average Bonchev–Trinajstić information content (AvgIpc) is 2.79. The van der Waals surface area contributed by atoms with Gasteiger partial charge in [0, 0.05) is 35.9 Å². The summed E-state index contributed by atoms with van der Waals surface area (Å²) in [4.78, 5) is 39.2. The van der Waals surface area contributed by atoms with Crippen LogP contribution >= 0.6 is 0 Å². The molecule has 0 aliphatic carbocycles. The van der Waals surface area contributed by atoms with Gasteiger partial charge in [-0.2, -0.15) is 0 Å². The first kappa shape index (κ1) is 22.8. The fourth-order valence-corrected chi connectivity index (χ4v) is 3.29. The summed E-state index contributed by atoms with van der Waals surface area (Å²) in [6.07, 6.45) is 0.867. The molecule has 0 radical (unpaired) electrons. The molecule has 0 aromatic heterocycles. The van der Waals surface area contributed by atoms with Gasteiger partial charge in [0.2, 0.25) is 11.8 Å². The molecule has 0 saturated carbocycles. The van der Waals surface area contributed by atoms with Crippen molar-refractivity contribution < 1.29 is 14.5 Å². The van der Waals surface area contributed by atoms with Crippen molar-refractivity contribution in [1.29, 1.82) is 0 Å². The molecule has 0 bridgehead atoms. The number of hydrogen-bond donors (Lipinski definition) is 2. The minimum Gasteiger partial charge on any atom is -0.350 e. The Morgan fingerprint density at radius 1 is 1.07 bits per heavy atom. The fourth-order valence-electron chi connectivity index (χ4n) is 3.29. The highest BCUT2D eigenvalue weighted by Gasteiger charge is 2.21. The number of anilines is 1. The van der Waals surface area contributed by atoms with Crippen LogP contribution in [0.2, 0.25) is 0 Å². The standard InChI is InChI=1S/C20H31N5O4/c1-15-6-7-16(12-17(15)25(28)29)21-18(26)13-23-8-5-9-24(11-10-23)14-19(27)22-20(2,3)4/h6-7,12H,5,8-11,13-14H2,1-4H3,(H,21,26)(H,22,27). The topological polar surface area (TPSA) is 108 Å². The summed E-state index contributed by atoms with van der Waals surface area (Å²) in [5, 5.41) is 16.8. The van der Waals surface area contributed by atoms with Gasteiger partial charge in [-0.3, -0.25) is 29.5 Å².